The number of nitrogens with one attached hydrogen (secondary N) is 1. The molecule has 0 saturated heterocycles. The van der Waals surface area contributed by atoms with Crippen molar-refractivity contribution >= 4 is 27.7 Å². The number of thioether (sulfide) groups is 1. The van der Waals surface area contributed by atoms with E-state index < -0.39 is 0 Å². The van der Waals surface area contributed by atoms with Gasteiger partial charge in [-0.15, -0.1) is 11.8 Å². The van der Waals surface area contributed by atoms with Crippen molar-refractivity contribution in [2.24, 2.45) is 0 Å². The molecule has 2 nitrogen and oxygen atoms in total. The van der Waals surface area contributed by atoms with Crippen molar-refractivity contribution in [1.29, 1.82) is 0 Å². The molecule has 1 aromatic heterocycles. The molecule has 4 heteroatoms. The first-order valence-corrected chi connectivity index (χ1v) is 8.26. The molecule has 1 N–H and O–H groups in total. The zero-order valence-electron chi connectivity index (χ0n) is 10.6. The van der Waals surface area contributed by atoms with Gasteiger partial charge < -0.3 is 9.73 Å². The van der Waals surface area contributed by atoms with Crippen LogP contribution in [0.15, 0.2) is 50.4 Å². The fourth-order valence-electron chi connectivity index (χ4n) is 1.91. The van der Waals surface area contributed by atoms with E-state index in [4.69, 9.17) is 4.42 Å². The molecule has 1 fully saturated rings. The van der Waals surface area contributed by atoms with Gasteiger partial charge in [-0.2, -0.15) is 0 Å². The maximum Gasteiger partial charge on any atom is 0.113 e. The Hall–Kier alpha value is -0.710. The first-order valence-electron chi connectivity index (χ1n) is 6.48. The molecule has 1 aromatic carbocycles. The molecule has 0 bridgehead atoms. The van der Waals surface area contributed by atoms with Crippen molar-refractivity contribution in [3.05, 3.63) is 52.4 Å². The standard InChI is InChI=1S/C15H16BrNOS/c16-12-3-6-15(19-10-14-2-1-7-18-14)11(8-12)9-17-13-4-5-13/h1-3,6-8,13,17H,4-5,9-10H2. The molecule has 0 radical (unpaired) electrons. The van der Waals surface area contributed by atoms with Crippen LogP contribution < -0.4 is 5.32 Å². The van der Waals surface area contributed by atoms with Gasteiger partial charge in [-0.3, -0.25) is 0 Å². The molecule has 1 aliphatic carbocycles. The highest BCUT2D eigenvalue weighted by Gasteiger charge is 2.20. The normalized spacial score (nSPS) is 14.8. The molecule has 0 amide bonds. The van der Waals surface area contributed by atoms with E-state index in [9.17, 15) is 0 Å². The van der Waals surface area contributed by atoms with Gasteiger partial charge in [-0.25, -0.2) is 0 Å². The quantitative estimate of drug-likeness (QED) is 0.780. The zero-order valence-corrected chi connectivity index (χ0v) is 13.0. The maximum atomic E-state index is 5.38. The fourth-order valence-corrected chi connectivity index (χ4v) is 3.26. The van der Waals surface area contributed by atoms with Gasteiger partial charge >= 0.3 is 0 Å². The van der Waals surface area contributed by atoms with Gasteiger partial charge in [0.2, 0.25) is 0 Å². The SMILES string of the molecule is Brc1ccc(SCc2ccco2)c(CNC2CC2)c1. The summed E-state index contributed by atoms with van der Waals surface area (Å²) in [4.78, 5) is 1.33. The lowest BCUT2D eigenvalue weighted by atomic mass is 10.2. The maximum absolute atomic E-state index is 5.38. The van der Waals surface area contributed by atoms with Crippen molar-refractivity contribution in [1.82, 2.24) is 5.32 Å². The Morgan fingerprint density at radius 1 is 1.32 bits per heavy atom. The van der Waals surface area contributed by atoms with E-state index >= 15 is 0 Å². The molecule has 19 heavy (non-hydrogen) atoms. The van der Waals surface area contributed by atoms with Gasteiger partial charge in [-0.1, -0.05) is 15.9 Å². The summed E-state index contributed by atoms with van der Waals surface area (Å²) in [5.74, 6) is 1.90. The van der Waals surface area contributed by atoms with Crippen LogP contribution in [0.3, 0.4) is 0 Å². The van der Waals surface area contributed by atoms with Gasteiger partial charge in [0.1, 0.15) is 5.76 Å². The first kappa shape index (κ1) is 13.3. The third-order valence-corrected chi connectivity index (χ3v) is 4.76. The molecule has 3 rings (SSSR count). The van der Waals surface area contributed by atoms with Crippen molar-refractivity contribution < 1.29 is 4.42 Å². The zero-order chi connectivity index (χ0) is 13.1. The smallest absolute Gasteiger partial charge is 0.113 e. The average molecular weight is 338 g/mol. The minimum Gasteiger partial charge on any atom is -0.468 e. The summed E-state index contributed by atoms with van der Waals surface area (Å²) in [7, 11) is 0. The van der Waals surface area contributed by atoms with Crippen LogP contribution in [0.1, 0.15) is 24.2 Å². The summed E-state index contributed by atoms with van der Waals surface area (Å²) in [5, 5.41) is 3.58. The number of halogens is 1. The van der Waals surface area contributed by atoms with Crippen LogP contribution in [0.25, 0.3) is 0 Å². The van der Waals surface area contributed by atoms with E-state index in [0.29, 0.717) is 0 Å². The lowest BCUT2D eigenvalue weighted by Gasteiger charge is -2.10. The average Bonchev–Trinajstić information content (AvgIpc) is 3.10. The number of furan rings is 1. The van der Waals surface area contributed by atoms with E-state index in [1.165, 1.54) is 23.3 Å². The fraction of sp³-hybridized carbons (Fsp3) is 0.333. The molecule has 100 valence electrons. The predicted molar refractivity (Wildman–Crippen MR) is 82.3 cm³/mol. The molecular weight excluding hydrogens is 322 g/mol. The summed E-state index contributed by atoms with van der Waals surface area (Å²) in [6.45, 7) is 0.949. The largest absolute Gasteiger partial charge is 0.468 e. The van der Waals surface area contributed by atoms with Crippen LogP contribution in [0.5, 0.6) is 0 Å². The number of rotatable bonds is 6. The molecule has 1 aliphatic rings. The van der Waals surface area contributed by atoms with Crippen LogP contribution in [-0.2, 0) is 12.3 Å². The lowest BCUT2D eigenvalue weighted by Crippen LogP contribution is -2.15. The van der Waals surface area contributed by atoms with Crippen LogP contribution in [0, 0.1) is 0 Å². The van der Waals surface area contributed by atoms with Crippen LogP contribution in [0.2, 0.25) is 0 Å². The number of hydrogen-bond donors (Lipinski definition) is 1. The Morgan fingerprint density at radius 2 is 2.21 bits per heavy atom. The number of hydrogen-bond acceptors (Lipinski definition) is 3. The van der Waals surface area contributed by atoms with Crippen molar-refractivity contribution in [3.63, 3.8) is 0 Å². The highest BCUT2D eigenvalue weighted by molar-refractivity contribution is 9.10. The van der Waals surface area contributed by atoms with Gasteiger partial charge in [0.25, 0.3) is 0 Å². The van der Waals surface area contributed by atoms with E-state index in [-0.39, 0.29) is 0 Å². The summed E-state index contributed by atoms with van der Waals surface area (Å²) in [6.07, 6.45) is 4.37. The third kappa shape index (κ3) is 3.88. The first-order chi connectivity index (χ1) is 9.31. The summed E-state index contributed by atoms with van der Waals surface area (Å²) >= 11 is 5.38. The van der Waals surface area contributed by atoms with Crippen LogP contribution >= 0.6 is 27.7 Å². The van der Waals surface area contributed by atoms with E-state index in [2.05, 4.69) is 39.4 Å². The molecule has 1 heterocycles. The molecule has 0 atom stereocenters. The van der Waals surface area contributed by atoms with Crippen LogP contribution in [0.4, 0.5) is 0 Å². The Morgan fingerprint density at radius 3 is 2.95 bits per heavy atom. The molecular formula is C15H16BrNOS. The summed E-state index contributed by atoms with van der Waals surface area (Å²) in [6, 6.07) is 11.2. The molecule has 0 unspecified atom stereocenters. The molecule has 1 saturated carbocycles. The molecule has 0 aliphatic heterocycles. The predicted octanol–water partition coefficient (Wildman–Crippen LogP) is 4.59. The second-order valence-corrected chi connectivity index (χ2v) is 6.71. The van der Waals surface area contributed by atoms with Crippen molar-refractivity contribution in [2.45, 2.75) is 36.1 Å². The highest BCUT2D eigenvalue weighted by Crippen LogP contribution is 2.29. The van der Waals surface area contributed by atoms with Crippen molar-refractivity contribution in [2.75, 3.05) is 0 Å². The number of benzene rings is 1. The molecule has 2 aromatic rings. The Balaban J connectivity index is 1.67. The topological polar surface area (TPSA) is 25.2 Å². The summed E-state index contributed by atoms with van der Waals surface area (Å²) in [5.41, 5.74) is 1.36. The van der Waals surface area contributed by atoms with E-state index in [0.717, 1.165) is 28.6 Å². The molecule has 0 spiro atoms. The lowest BCUT2D eigenvalue weighted by molar-refractivity contribution is 0.530. The van der Waals surface area contributed by atoms with Gasteiger partial charge in [0.05, 0.1) is 12.0 Å². The second-order valence-electron chi connectivity index (χ2n) is 4.78. The van der Waals surface area contributed by atoms with Crippen LogP contribution in [-0.4, -0.2) is 6.04 Å². The Kier molecular flexibility index (Phi) is 4.31. The van der Waals surface area contributed by atoms with Gasteiger partial charge in [0, 0.05) is 22.0 Å². The highest BCUT2D eigenvalue weighted by atomic mass is 79.9. The van der Waals surface area contributed by atoms with Gasteiger partial charge in [-0.05, 0) is 48.7 Å². The monoisotopic (exact) mass is 337 g/mol. The Labute approximate surface area is 126 Å². The minimum absolute atomic E-state index is 0.738. The van der Waals surface area contributed by atoms with Crippen molar-refractivity contribution in [3.8, 4) is 0 Å². The van der Waals surface area contributed by atoms with E-state index in [1.54, 1.807) is 6.26 Å². The summed E-state index contributed by atoms with van der Waals surface area (Å²) < 4.78 is 6.52. The van der Waals surface area contributed by atoms with E-state index in [1.807, 2.05) is 23.9 Å². The third-order valence-electron chi connectivity index (χ3n) is 3.13. The second kappa shape index (κ2) is 6.16. The minimum atomic E-state index is 0.738. The van der Waals surface area contributed by atoms with Gasteiger partial charge in [0.15, 0.2) is 0 Å². The Bertz CT molecular complexity index is 537.